The van der Waals surface area contributed by atoms with Crippen LogP contribution in [0.5, 0.6) is 5.75 Å². The molecule has 0 saturated heterocycles. The molecule has 0 aliphatic carbocycles. The van der Waals surface area contributed by atoms with Crippen LogP contribution < -0.4 is 5.32 Å². The van der Waals surface area contributed by atoms with Gasteiger partial charge in [0.15, 0.2) is 0 Å². The lowest BCUT2D eigenvalue weighted by atomic mass is 10.1. The van der Waals surface area contributed by atoms with E-state index in [9.17, 15) is 0 Å². The van der Waals surface area contributed by atoms with Gasteiger partial charge < -0.3 is 10.4 Å². The second-order valence-electron chi connectivity index (χ2n) is 3.71. The molecule has 0 bridgehead atoms. The third kappa shape index (κ3) is 3.02. The van der Waals surface area contributed by atoms with E-state index in [0.29, 0.717) is 5.75 Å². The van der Waals surface area contributed by atoms with Gasteiger partial charge in [-0.1, -0.05) is 30.3 Å². The summed E-state index contributed by atoms with van der Waals surface area (Å²) < 4.78 is 0. The van der Waals surface area contributed by atoms with Crippen molar-refractivity contribution in [3.63, 3.8) is 0 Å². The van der Waals surface area contributed by atoms with Gasteiger partial charge in [-0.25, -0.2) is 0 Å². The van der Waals surface area contributed by atoms with Crippen molar-refractivity contribution in [2.45, 2.75) is 6.42 Å². The Kier molecular flexibility index (Phi) is 3.44. The monoisotopic (exact) mass is 213 g/mol. The summed E-state index contributed by atoms with van der Waals surface area (Å²) in [7, 11) is 0. The quantitative estimate of drug-likeness (QED) is 0.765. The zero-order valence-corrected chi connectivity index (χ0v) is 9.06. The van der Waals surface area contributed by atoms with Crippen molar-refractivity contribution in [1.29, 1.82) is 0 Å². The minimum Gasteiger partial charge on any atom is -0.508 e. The van der Waals surface area contributed by atoms with E-state index in [0.717, 1.165) is 18.7 Å². The van der Waals surface area contributed by atoms with Crippen molar-refractivity contribution < 1.29 is 5.11 Å². The lowest BCUT2D eigenvalue weighted by Gasteiger charge is -2.06. The predicted molar refractivity (Wildman–Crippen MR) is 66.7 cm³/mol. The van der Waals surface area contributed by atoms with Gasteiger partial charge in [0.05, 0.1) is 0 Å². The Balaban J connectivity index is 1.82. The molecule has 0 atom stereocenters. The van der Waals surface area contributed by atoms with Gasteiger partial charge in [0.1, 0.15) is 5.75 Å². The number of nitrogens with one attached hydrogen (secondary N) is 1. The first-order valence-electron chi connectivity index (χ1n) is 5.41. The minimum atomic E-state index is 0.300. The van der Waals surface area contributed by atoms with E-state index in [1.54, 1.807) is 12.1 Å². The minimum absolute atomic E-state index is 0.300. The van der Waals surface area contributed by atoms with Crippen molar-refractivity contribution >= 4 is 5.69 Å². The highest BCUT2D eigenvalue weighted by Gasteiger charge is 1.93. The highest BCUT2D eigenvalue weighted by atomic mass is 16.3. The fourth-order valence-electron chi connectivity index (χ4n) is 1.58. The van der Waals surface area contributed by atoms with Gasteiger partial charge in [-0.2, -0.15) is 0 Å². The normalized spacial score (nSPS) is 10.0. The average Bonchev–Trinajstić information content (AvgIpc) is 2.33. The van der Waals surface area contributed by atoms with E-state index in [1.807, 2.05) is 18.2 Å². The molecule has 0 fully saturated rings. The van der Waals surface area contributed by atoms with Gasteiger partial charge in [-0.3, -0.25) is 0 Å². The summed E-state index contributed by atoms with van der Waals surface area (Å²) in [5.74, 6) is 0.300. The molecule has 0 saturated carbocycles. The number of hydrogen-bond donors (Lipinski definition) is 2. The van der Waals surface area contributed by atoms with Gasteiger partial charge in [-0.15, -0.1) is 0 Å². The highest BCUT2D eigenvalue weighted by molar-refractivity contribution is 5.46. The van der Waals surface area contributed by atoms with Crippen LogP contribution in [0.1, 0.15) is 5.56 Å². The molecular formula is C14H15NO. The smallest absolute Gasteiger partial charge is 0.115 e. The number of anilines is 1. The molecule has 0 spiro atoms. The van der Waals surface area contributed by atoms with Crippen LogP contribution in [0.4, 0.5) is 5.69 Å². The summed E-state index contributed by atoms with van der Waals surface area (Å²) >= 11 is 0. The van der Waals surface area contributed by atoms with Crippen LogP contribution in [0.25, 0.3) is 0 Å². The second-order valence-corrected chi connectivity index (χ2v) is 3.71. The molecular weight excluding hydrogens is 198 g/mol. The number of benzene rings is 2. The molecule has 2 rings (SSSR count). The maximum Gasteiger partial charge on any atom is 0.115 e. The number of rotatable bonds is 4. The van der Waals surface area contributed by atoms with Gasteiger partial charge in [0, 0.05) is 12.2 Å². The summed E-state index contributed by atoms with van der Waals surface area (Å²) in [6.45, 7) is 0.898. The van der Waals surface area contributed by atoms with E-state index in [4.69, 9.17) is 5.11 Å². The Morgan fingerprint density at radius 2 is 1.56 bits per heavy atom. The van der Waals surface area contributed by atoms with Gasteiger partial charge in [-0.05, 0) is 36.2 Å². The van der Waals surface area contributed by atoms with E-state index < -0.39 is 0 Å². The molecule has 0 aliphatic heterocycles. The van der Waals surface area contributed by atoms with E-state index in [-0.39, 0.29) is 0 Å². The van der Waals surface area contributed by atoms with Gasteiger partial charge in [0.25, 0.3) is 0 Å². The number of phenolic OH excluding ortho intramolecular Hbond substituents is 1. The molecule has 0 amide bonds. The zero-order chi connectivity index (χ0) is 11.2. The van der Waals surface area contributed by atoms with Crippen LogP contribution in [-0.4, -0.2) is 11.7 Å². The Hall–Kier alpha value is -1.96. The maximum atomic E-state index is 9.13. The van der Waals surface area contributed by atoms with Crippen LogP contribution in [0.3, 0.4) is 0 Å². The SMILES string of the molecule is Oc1ccc(NCCc2ccccc2)cc1. The largest absolute Gasteiger partial charge is 0.508 e. The zero-order valence-electron chi connectivity index (χ0n) is 9.06. The molecule has 2 heteroatoms. The first-order chi connectivity index (χ1) is 7.84. The standard InChI is InChI=1S/C14H15NO/c16-14-8-6-13(7-9-14)15-11-10-12-4-2-1-3-5-12/h1-9,15-16H,10-11H2. The van der Waals surface area contributed by atoms with Crippen molar-refractivity contribution in [2.75, 3.05) is 11.9 Å². The van der Waals surface area contributed by atoms with Crippen molar-refractivity contribution in [3.8, 4) is 5.75 Å². The van der Waals surface area contributed by atoms with Crippen molar-refractivity contribution in [2.24, 2.45) is 0 Å². The molecule has 2 aromatic carbocycles. The lowest BCUT2D eigenvalue weighted by molar-refractivity contribution is 0.475. The molecule has 0 unspecified atom stereocenters. The molecule has 0 radical (unpaired) electrons. The molecule has 2 nitrogen and oxygen atoms in total. The van der Waals surface area contributed by atoms with Crippen LogP contribution in [0.2, 0.25) is 0 Å². The van der Waals surface area contributed by atoms with E-state index in [2.05, 4.69) is 29.6 Å². The maximum absolute atomic E-state index is 9.13. The third-order valence-electron chi connectivity index (χ3n) is 2.45. The molecule has 0 heterocycles. The van der Waals surface area contributed by atoms with Gasteiger partial charge >= 0.3 is 0 Å². The van der Waals surface area contributed by atoms with Crippen molar-refractivity contribution in [3.05, 3.63) is 60.2 Å². The van der Waals surface area contributed by atoms with Crippen LogP contribution in [-0.2, 0) is 6.42 Å². The van der Waals surface area contributed by atoms with E-state index >= 15 is 0 Å². The summed E-state index contributed by atoms with van der Waals surface area (Å²) in [4.78, 5) is 0. The molecule has 0 aliphatic rings. The Bertz CT molecular complexity index is 422. The lowest BCUT2D eigenvalue weighted by Crippen LogP contribution is -2.04. The van der Waals surface area contributed by atoms with Crippen LogP contribution >= 0.6 is 0 Å². The molecule has 0 aromatic heterocycles. The average molecular weight is 213 g/mol. The Morgan fingerprint density at radius 3 is 2.25 bits per heavy atom. The fraction of sp³-hybridized carbons (Fsp3) is 0.143. The molecule has 16 heavy (non-hydrogen) atoms. The summed E-state index contributed by atoms with van der Waals surface area (Å²) in [5.41, 5.74) is 2.36. The molecule has 82 valence electrons. The fourth-order valence-corrected chi connectivity index (χ4v) is 1.58. The first kappa shape index (κ1) is 10.6. The summed E-state index contributed by atoms with van der Waals surface area (Å²) in [6.07, 6.45) is 1.00. The Labute approximate surface area is 95.6 Å². The molecule has 2 aromatic rings. The highest BCUT2D eigenvalue weighted by Crippen LogP contribution is 2.13. The van der Waals surface area contributed by atoms with E-state index in [1.165, 1.54) is 5.56 Å². The number of hydrogen-bond acceptors (Lipinski definition) is 2. The number of aromatic hydroxyl groups is 1. The summed E-state index contributed by atoms with van der Waals surface area (Å²) in [6, 6.07) is 17.5. The predicted octanol–water partition coefficient (Wildman–Crippen LogP) is 3.05. The van der Waals surface area contributed by atoms with Crippen LogP contribution in [0, 0.1) is 0 Å². The second kappa shape index (κ2) is 5.21. The van der Waals surface area contributed by atoms with Crippen LogP contribution in [0.15, 0.2) is 54.6 Å². The summed E-state index contributed by atoms with van der Waals surface area (Å²) in [5, 5.41) is 12.4. The van der Waals surface area contributed by atoms with Crippen molar-refractivity contribution in [1.82, 2.24) is 0 Å². The van der Waals surface area contributed by atoms with Gasteiger partial charge in [0.2, 0.25) is 0 Å². The number of phenols is 1. The Morgan fingerprint density at radius 1 is 0.875 bits per heavy atom. The first-order valence-corrected chi connectivity index (χ1v) is 5.41. The molecule has 2 N–H and O–H groups in total. The topological polar surface area (TPSA) is 32.3 Å². The third-order valence-corrected chi connectivity index (χ3v) is 2.45.